The molecule has 0 spiro atoms. The summed E-state index contributed by atoms with van der Waals surface area (Å²) in [5.74, 6) is 1.88. The van der Waals surface area contributed by atoms with Crippen molar-refractivity contribution in [2.75, 3.05) is 49.6 Å². The third kappa shape index (κ3) is 3.36. The number of alkyl halides is 1. The number of anilines is 1. The number of piperazine rings is 1. The Kier molecular flexibility index (Phi) is 5.26. The minimum Gasteiger partial charge on any atom is -0.490 e. The topological polar surface area (TPSA) is 28.6 Å². The number of rotatable bonds is 5. The van der Waals surface area contributed by atoms with Crippen molar-refractivity contribution in [1.82, 2.24) is 9.88 Å². The first kappa shape index (κ1) is 13.6. The maximum absolute atomic E-state index is 5.64. The summed E-state index contributed by atoms with van der Waals surface area (Å²) in [6, 6.07) is 3.92. The van der Waals surface area contributed by atoms with Gasteiger partial charge in [0.15, 0.2) is 11.6 Å². The molecule has 2 rings (SSSR count). The van der Waals surface area contributed by atoms with Crippen molar-refractivity contribution in [3.8, 4) is 5.75 Å². The first-order valence-electron chi connectivity index (χ1n) is 6.46. The largest absolute Gasteiger partial charge is 0.490 e. The van der Waals surface area contributed by atoms with E-state index in [0.717, 1.165) is 49.6 Å². The van der Waals surface area contributed by atoms with E-state index >= 15 is 0 Å². The third-order valence-corrected chi connectivity index (χ3v) is 3.48. The molecule has 1 fully saturated rings. The summed E-state index contributed by atoms with van der Waals surface area (Å²) in [5, 5.41) is 1.04. The molecule has 1 saturated heterocycles. The van der Waals surface area contributed by atoms with Gasteiger partial charge in [0.05, 0.1) is 6.61 Å². The van der Waals surface area contributed by atoms with Crippen molar-refractivity contribution in [2.45, 2.75) is 6.92 Å². The molecule has 0 radical (unpaired) electrons. The molecule has 0 saturated carbocycles. The van der Waals surface area contributed by atoms with Crippen LogP contribution in [0.4, 0.5) is 5.82 Å². The Morgan fingerprint density at radius 3 is 2.78 bits per heavy atom. The fourth-order valence-electron chi connectivity index (χ4n) is 2.19. The van der Waals surface area contributed by atoms with Crippen LogP contribution in [0.3, 0.4) is 0 Å². The van der Waals surface area contributed by atoms with E-state index in [1.165, 1.54) is 0 Å². The van der Waals surface area contributed by atoms with Crippen LogP contribution in [0.5, 0.6) is 5.75 Å². The van der Waals surface area contributed by atoms with Crippen LogP contribution >= 0.6 is 15.9 Å². The average molecular weight is 314 g/mol. The highest BCUT2D eigenvalue weighted by Gasteiger charge is 2.19. The van der Waals surface area contributed by atoms with Crippen molar-refractivity contribution in [3.63, 3.8) is 0 Å². The fourth-order valence-corrected chi connectivity index (χ4v) is 2.69. The minimum absolute atomic E-state index is 0.683. The van der Waals surface area contributed by atoms with E-state index in [4.69, 9.17) is 4.74 Å². The third-order valence-electron chi connectivity index (χ3n) is 3.12. The van der Waals surface area contributed by atoms with Gasteiger partial charge in [0, 0.05) is 44.3 Å². The van der Waals surface area contributed by atoms with Crippen LogP contribution in [0.25, 0.3) is 0 Å². The van der Waals surface area contributed by atoms with Crippen molar-refractivity contribution in [3.05, 3.63) is 18.3 Å². The second-order valence-electron chi connectivity index (χ2n) is 4.28. The lowest BCUT2D eigenvalue weighted by Gasteiger charge is -2.35. The number of hydrogen-bond donors (Lipinski definition) is 0. The molecule has 1 aliphatic rings. The van der Waals surface area contributed by atoms with Gasteiger partial charge in [-0.05, 0) is 19.1 Å². The molecule has 18 heavy (non-hydrogen) atoms. The van der Waals surface area contributed by atoms with Crippen LogP contribution < -0.4 is 9.64 Å². The van der Waals surface area contributed by atoms with Crippen molar-refractivity contribution in [2.24, 2.45) is 0 Å². The summed E-state index contributed by atoms with van der Waals surface area (Å²) in [7, 11) is 0. The van der Waals surface area contributed by atoms with Gasteiger partial charge in [0.25, 0.3) is 0 Å². The number of halogens is 1. The Morgan fingerprint density at radius 1 is 1.33 bits per heavy atom. The predicted octanol–water partition coefficient (Wildman–Crippen LogP) is 2.00. The van der Waals surface area contributed by atoms with Crippen LogP contribution in [0, 0.1) is 0 Å². The number of ether oxygens (including phenoxy) is 1. The van der Waals surface area contributed by atoms with Gasteiger partial charge in [-0.2, -0.15) is 0 Å². The van der Waals surface area contributed by atoms with Gasteiger partial charge in [0.2, 0.25) is 0 Å². The molecule has 0 aliphatic carbocycles. The summed E-state index contributed by atoms with van der Waals surface area (Å²) >= 11 is 3.49. The van der Waals surface area contributed by atoms with Crippen molar-refractivity contribution >= 4 is 21.7 Å². The second kappa shape index (κ2) is 6.95. The zero-order valence-corrected chi connectivity index (χ0v) is 12.4. The number of nitrogens with zero attached hydrogens (tertiary/aromatic N) is 3. The van der Waals surface area contributed by atoms with Crippen LogP contribution in [0.2, 0.25) is 0 Å². The molecule has 0 bridgehead atoms. The second-order valence-corrected chi connectivity index (χ2v) is 5.07. The molecule has 0 N–H and O–H groups in total. The van der Waals surface area contributed by atoms with Gasteiger partial charge < -0.3 is 9.64 Å². The average Bonchev–Trinajstić information content (AvgIpc) is 2.41. The summed E-state index contributed by atoms with van der Waals surface area (Å²) in [5.41, 5.74) is 0. The van der Waals surface area contributed by atoms with Gasteiger partial charge in [0.1, 0.15) is 0 Å². The smallest absolute Gasteiger partial charge is 0.171 e. The SMILES string of the molecule is CCOc1cccnc1N1CCN(CCBr)CC1. The molecule has 2 heterocycles. The molecule has 5 heteroatoms. The monoisotopic (exact) mass is 313 g/mol. The molecular weight excluding hydrogens is 294 g/mol. The lowest BCUT2D eigenvalue weighted by Crippen LogP contribution is -2.47. The lowest BCUT2D eigenvalue weighted by molar-refractivity contribution is 0.271. The number of hydrogen-bond acceptors (Lipinski definition) is 4. The Hall–Kier alpha value is -0.810. The quantitative estimate of drug-likeness (QED) is 0.777. The van der Waals surface area contributed by atoms with Crippen LogP contribution in [-0.2, 0) is 0 Å². The molecule has 0 amide bonds. The van der Waals surface area contributed by atoms with Crippen LogP contribution in [0.15, 0.2) is 18.3 Å². The van der Waals surface area contributed by atoms with Gasteiger partial charge >= 0.3 is 0 Å². The fraction of sp³-hybridized carbons (Fsp3) is 0.615. The summed E-state index contributed by atoms with van der Waals surface area (Å²) < 4.78 is 5.64. The Bertz CT molecular complexity index is 367. The molecule has 1 aliphatic heterocycles. The summed E-state index contributed by atoms with van der Waals surface area (Å²) in [4.78, 5) is 9.25. The first-order chi connectivity index (χ1) is 8.85. The van der Waals surface area contributed by atoms with Crippen molar-refractivity contribution in [1.29, 1.82) is 0 Å². The van der Waals surface area contributed by atoms with Gasteiger partial charge in [-0.15, -0.1) is 0 Å². The standard InChI is InChI=1S/C13H20BrN3O/c1-2-18-12-4-3-6-15-13(12)17-10-8-16(7-5-14)9-11-17/h3-4,6H,2,5,7-11H2,1H3. The van der Waals surface area contributed by atoms with Gasteiger partial charge in [-0.1, -0.05) is 15.9 Å². The molecule has 0 aromatic carbocycles. The Labute approximate surface area is 117 Å². The normalized spacial score (nSPS) is 16.9. The molecule has 1 aromatic rings. The minimum atomic E-state index is 0.683. The molecule has 0 atom stereocenters. The zero-order valence-electron chi connectivity index (χ0n) is 10.8. The van der Waals surface area contributed by atoms with E-state index in [1.54, 1.807) is 0 Å². The molecule has 0 unspecified atom stereocenters. The molecular formula is C13H20BrN3O. The predicted molar refractivity (Wildman–Crippen MR) is 77.9 cm³/mol. The molecule has 1 aromatic heterocycles. The van der Waals surface area contributed by atoms with Crippen LogP contribution in [-0.4, -0.2) is 54.5 Å². The highest BCUT2D eigenvalue weighted by molar-refractivity contribution is 9.09. The Balaban J connectivity index is 2.00. The van der Waals surface area contributed by atoms with E-state index in [-0.39, 0.29) is 0 Å². The maximum atomic E-state index is 5.64. The Morgan fingerprint density at radius 2 is 2.11 bits per heavy atom. The number of aromatic nitrogens is 1. The van der Waals surface area contributed by atoms with Gasteiger partial charge in [-0.25, -0.2) is 4.98 Å². The first-order valence-corrected chi connectivity index (χ1v) is 7.58. The van der Waals surface area contributed by atoms with Crippen LogP contribution in [0.1, 0.15) is 6.92 Å². The number of pyridine rings is 1. The van der Waals surface area contributed by atoms with E-state index in [2.05, 4.69) is 30.7 Å². The summed E-state index contributed by atoms with van der Waals surface area (Å²) in [6.07, 6.45) is 1.84. The molecule has 100 valence electrons. The lowest BCUT2D eigenvalue weighted by atomic mass is 10.3. The van der Waals surface area contributed by atoms with Gasteiger partial charge in [-0.3, -0.25) is 4.90 Å². The summed E-state index contributed by atoms with van der Waals surface area (Å²) in [6.45, 7) is 8.02. The zero-order chi connectivity index (χ0) is 12.8. The highest BCUT2D eigenvalue weighted by atomic mass is 79.9. The van der Waals surface area contributed by atoms with E-state index in [0.29, 0.717) is 6.61 Å². The van der Waals surface area contributed by atoms with E-state index < -0.39 is 0 Å². The van der Waals surface area contributed by atoms with E-state index in [1.807, 2.05) is 25.3 Å². The maximum Gasteiger partial charge on any atom is 0.171 e. The molecule has 4 nitrogen and oxygen atoms in total. The highest BCUT2D eigenvalue weighted by Crippen LogP contribution is 2.26. The van der Waals surface area contributed by atoms with E-state index in [9.17, 15) is 0 Å². The van der Waals surface area contributed by atoms with Crippen molar-refractivity contribution < 1.29 is 4.74 Å².